The number of ketones is 1. The summed E-state index contributed by atoms with van der Waals surface area (Å²) >= 11 is 0. The Morgan fingerprint density at radius 3 is 2.35 bits per heavy atom. The monoisotopic (exact) mass is 317 g/mol. The molecule has 2 N–H and O–H groups in total. The van der Waals surface area contributed by atoms with Crippen molar-refractivity contribution in [2.24, 2.45) is 5.41 Å². The summed E-state index contributed by atoms with van der Waals surface area (Å²) in [6, 6.07) is 7.05. The first-order valence-corrected chi connectivity index (χ1v) is 8.24. The van der Waals surface area contributed by atoms with E-state index in [1.165, 1.54) is 0 Å². The van der Waals surface area contributed by atoms with E-state index in [1.807, 2.05) is 20.8 Å². The molecule has 1 saturated heterocycles. The summed E-state index contributed by atoms with van der Waals surface area (Å²) in [5.74, 6) is -0.182. The van der Waals surface area contributed by atoms with Crippen molar-refractivity contribution in [3.05, 3.63) is 35.4 Å². The molecule has 1 aliphatic heterocycles. The minimum Gasteiger partial charge on any atom is -0.351 e. The molecule has 0 unspecified atom stereocenters. The molecule has 23 heavy (non-hydrogen) atoms. The number of benzene rings is 1. The SMILES string of the molecule is CC(C)(C)C(=O)c1ccccc1C(=O)NCCN1CCNCC1. The highest BCUT2D eigenvalue weighted by atomic mass is 16.2. The molecular formula is C18H27N3O2. The predicted molar refractivity (Wildman–Crippen MR) is 91.9 cm³/mol. The maximum absolute atomic E-state index is 12.5. The zero-order valence-corrected chi connectivity index (χ0v) is 14.3. The third kappa shape index (κ3) is 4.88. The van der Waals surface area contributed by atoms with Crippen LogP contribution in [0.25, 0.3) is 0 Å². The lowest BCUT2D eigenvalue weighted by atomic mass is 9.84. The van der Waals surface area contributed by atoms with Crippen molar-refractivity contribution in [3.8, 4) is 0 Å². The van der Waals surface area contributed by atoms with Gasteiger partial charge in [-0.15, -0.1) is 0 Å². The number of nitrogens with zero attached hydrogens (tertiary/aromatic N) is 1. The quantitative estimate of drug-likeness (QED) is 0.809. The lowest BCUT2D eigenvalue weighted by Gasteiger charge is -2.27. The smallest absolute Gasteiger partial charge is 0.252 e. The number of hydrogen-bond acceptors (Lipinski definition) is 4. The number of carbonyl (C=O) groups excluding carboxylic acids is 2. The number of piperazine rings is 1. The van der Waals surface area contributed by atoms with Gasteiger partial charge in [-0.1, -0.05) is 39.0 Å². The summed E-state index contributed by atoms with van der Waals surface area (Å²) in [7, 11) is 0. The molecule has 0 bridgehead atoms. The lowest BCUT2D eigenvalue weighted by molar-refractivity contribution is 0.0846. The van der Waals surface area contributed by atoms with E-state index in [1.54, 1.807) is 24.3 Å². The van der Waals surface area contributed by atoms with E-state index in [-0.39, 0.29) is 11.7 Å². The average Bonchev–Trinajstić information content (AvgIpc) is 2.54. The number of rotatable bonds is 5. The molecule has 126 valence electrons. The highest BCUT2D eigenvalue weighted by molar-refractivity contribution is 6.09. The van der Waals surface area contributed by atoms with Crippen LogP contribution in [0.2, 0.25) is 0 Å². The van der Waals surface area contributed by atoms with Crippen molar-refractivity contribution in [1.29, 1.82) is 0 Å². The maximum Gasteiger partial charge on any atom is 0.252 e. The molecule has 0 saturated carbocycles. The van der Waals surface area contributed by atoms with Crippen LogP contribution in [0.1, 0.15) is 41.5 Å². The first-order valence-electron chi connectivity index (χ1n) is 8.24. The van der Waals surface area contributed by atoms with E-state index >= 15 is 0 Å². The number of Topliss-reactive ketones (excluding diaryl/α,β-unsaturated/α-hetero) is 1. The standard InChI is InChI=1S/C18H27N3O2/c1-18(2,3)16(22)14-6-4-5-7-15(14)17(23)20-10-13-21-11-8-19-9-12-21/h4-7,19H,8-13H2,1-3H3,(H,20,23). The van der Waals surface area contributed by atoms with Crippen LogP contribution in [0.5, 0.6) is 0 Å². The molecule has 1 amide bonds. The molecule has 1 aromatic carbocycles. The molecule has 5 nitrogen and oxygen atoms in total. The molecule has 0 atom stereocenters. The number of carbonyl (C=O) groups is 2. The summed E-state index contributed by atoms with van der Waals surface area (Å²) in [6.45, 7) is 11.1. The van der Waals surface area contributed by atoms with Crippen molar-refractivity contribution in [2.45, 2.75) is 20.8 Å². The molecule has 1 heterocycles. The van der Waals surface area contributed by atoms with Gasteiger partial charge in [-0.25, -0.2) is 0 Å². The van der Waals surface area contributed by atoms with Crippen LogP contribution in [0.15, 0.2) is 24.3 Å². The molecular weight excluding hydrogens is 290 g/mol. The van der Waals surface area contributed by atoms with Gasteiger partial charge in [-0.05, 0) is 6.07 Å². The fourth-order valence-electron chi connectivity index (χ4n) is 2.64. The van der Waals surface area contributed by atoms with Crippen molar-refractivity contribution >= 4 is 11.7 Å². The highest BCUT2D eigenvalue weighted by Gasteiger charge is 2.26. The summed E-state index contributed by atoms with van der Waals surface area (Å²) in [5, 5.41) is 6.25. The molecule has 0 spiro atoms. The van der Waals surface area contributed by atoms with Crippen LogP contribution in [-0.4, -0.2) is 55.9 Å². The van der Waals surface area contributed by atoms with Gasteiger partial charge in [0.25, 0.3) is 5.91 Å². The Bertz CT molecular complexity index is 558. The van der Waals surface area contributed by atoms with E-state index in [0.717, 1.165) is 32.7 Å². The topological polar surface area (TPSA) is 61.4 Å². The minimum atomic E-state index is -0.503. The Labute approximate surface area is 138 Å². The highest BCUT2D eigenvalue weighted by Crippen LogP contribution is 2.23. The van der Waals surface area contributed by atoms with Crippen molar-refractivity contribution in [1.82, 2.24) is 15.5 Å². The third-order valence-corrected chi connectivity index (χ3v) is 4.02. The number of nitrogens with one attached hydrogen (secondary N) is 2. The van der Waals surface area contributed by atoms with Crippen LogP contribution in [-0.2, 0) is 0 Å². The Morgan fingerprint density at radius 1 is 1.13 bits per heavy atom. The second-order valence-electron chi connectivity index (χ2n) is 6.97. The number of amides is 1. The van der Waals surface area contributed by atoms with Gasteiger partial charge < -0.3 is 10.6 Å². The molecule has 0 aliphatic carbocycles. The molecule has 2 rings (SSSR count). The Kier molecular flexibility index (Phi) is 5.91. The first-order chi connectivity index (χ1) is 10.9. The lowest BCUT2D eigenvalue weighted by Crippen LogP contribution is -2.46. The van der Waals surface area contributed by atoms with Gasteiger partial charge in [0.2, 0.25) is 0 Å². The Balaban J connectivity index is 1.98. The van der Waals surface area contributed by atoms with Gasteiger partial charge in [0.15, 0.2) is 5.78 Å². The summed E-state index contributed by atoms with van der Waals surface area (Å²) in [4.78, 5) is 27.3. The fourth-order valence-corrected chi connectivity index (χ4v) is 2.64. The van der Waals surface area contributed by atoms with Gasteiger partial charge in [0.1, 0.15) is 0 Å². The Hall–Kier alpha value is -1.72. The molecule has 0 aromatic heterocycles. The first kappa shape index (κ1) is 17.6. The predicted octanol–water partition coefficient (Wildman–Crippen LogP) is 1.55. The second kappa shape index (κ2) is 7.70. The van der Waals surface area contributed by atoms with Crippen LogP contribution < -0.4 is 10.6 Å². The van der Waals surface area contributed by atoms with Gasteiger partial charge >= 0.3 is 0 Å². The summed E-state index contributed by atoms with van der Waals surface area (Å²) in [6.07, 6.45) is 0. The van der Waals surface area contributed by atoms with Crippen LogP contribution in [0.3, 0.4) is 0 Å². The second-order valence-corrected chi connectivity index (χ2v) is 6.97. The van der Waals surface area contributed by atoms with Crippen molar-refractivity contribution in [3.63, 3.8) is 0 Å². The zero-order chi connectivity index (χ0) is 16.9. The van der Waals surface area contributed by atoms with Crippen LogP contribution in [0, 0.1) is 5.41 Å². The third-order valence-electron chi connectivity index (χ3n) is 4.02. The van der Waals surface area contributed by atoms with Crippen molar-refractivity contribution < 1.29 is 9.59 Å². The molecule has 5 heteroatoms. The molecule has 1 fully saturated rings. The molecule has 1 aromatic rings. The summed E-state index contributed by atoms with van der Waals surface area (Å²) < 4.78 is 0. The van der Waals surface area contributed by atoms with E-state index in [4.69, 9.17) is 0 Å². The van der Waals surface area contributed by atoms with E-state index in [2.05, 4.69) is 15.5 Å². The zero-order valence-electron chi connectivity index (χ0n) is 14.3. The number of hydrogen-bond donors (Lipinski definition) is 2. The van der Waals surface area contributed by atoms with Gasteiger partial charge in [-0.3, -0.25) is 14.5 Å². The van der Waals surface area contributed by atoms with Crippen LogP contribution in [0.4, 0.5) is 0 Å². The fraction of sp³-hybridized carbons (Fsp3) is 0.556. The summed E-state index contributed by atoms with van der Waals surface area (Å²) in [5.41, 5.74) is 0.462. The largest absolute Gasteiger partial charge is 0.351 e. The van der Waals surface area contributed by atoms with Gasteiger partial charge in [0.05, 0.1) is 5.56 Å². The molecule has 0 radical (unpaired) electrons. The maximum atomic E-state index is 12.5. The minimum absolute atomic E-state index is 0.00893. The van der Waals surface area contributed by atoms with E-state index in [9.17, 15) is 9.59 Å². The van der Waals surface area contributed by atoms with E-state index in [0.29, 0.717) is 17.7 Å². The van der Waals surface area contributed by atoms with Gasteiger partial charge in [-0.2, -0.15) is 0 Å². The van der Waals surface area contributed by atoms with Crippen LogP contribution >= 0.6 is 0 Å². The Morgan fingerprint density at radius 2 is 1.74 bits per heavy atom. The van der Waals surface area contributed by atoms with Gasteiger partial charge in [0, 0.05) is 50.2 Å². The molecule has 1 aliphatic rings. The normalized spacial score (nSPS) is 16.1. The van der Waals surface area contributed by atoms with Crippen molar-refractivity contribution in [2.75, 3.05) is 39.3 Å². The van der Waals surface area contributed by atoms with E-state index < -0.39 is 5.41 Å². The average molecular weight is 317 g/mol.